The summed E-state index contributed by atoms with van der Waals surface area (Å²) in [5.74, 6) is 7.86. The Hall–Kier alpha value is -2.50. The summed E-state index contributed by atoms with van der Waals surface area (Å²) in [5, 5.41) is 27.7. The second-order valence-electron chi connectivity index (χ2n) is 11.4. The minimum Gasteiger partial charge on any atom is -0.504 e. The van der Waals surface area contributed by atoms with Gasteiger partial charge in [-0.1, -0.05) is 31.3 Å². The van der Waals surface area contributed by atoms with Gasteiger partial charge in [-0.3, -0.25) is 0 Å². The number of hydrogen-bond acceptors (Lipinski definition) is 7. The molecule has 1 saturated carbocycles. The third-order valence-corrected chi connectivity index (χ3v) is 8.07. The lowest BCUT2D eigenvalue weighted by Gasteiger charge is -2.27. The largest absolute Gasteiger partial charge is 0.504 e. The summed E-state index contributed by atoms with van der Waals surface area (Å²) in [4.78, 5) is 0. The Bertz CT molecular complexity index is 1070. The minimum atomic E-state index is -0.480. The summed E-state index contributed by atoms with van der Waals surface area (Å²) < 4.78 is 12.5. The molecule has 7 heteroatoms. The number of nitrogens with one attached hydrogen (secondary N) is 2. The lowest BCUT2D eigenvalue weighted by molar-refractivity contribution is 0.0166. The zero-order valence-corrected chi connectivity index (χ0v) is 23.7. The summed E-state index contributed by atoms with van der Waals surface area (Å²) in [5.41, 5.74) is 10.4. The molecule has 1 fully saturated rings. The van der Waals surface area contributed by atoms with E-state index in [0.717, 1.165) is 54.4 Å². The molecule has 6 N–H and O–H groups in total. The van der Waals surface area contributed by atoms with E-state index in [1.807, 2.05) is 25.4 Å². The van der Waals surface area contributed by atoms with E-state index in [1.165, 1.54) is 19.3 Å². The van der Waals surface area contributed by atoms with Gasteiger partial charge in [0.05, 0.1) is 31.1 Å². The second kappa shape index (κ2) is 14.8. The lowest BCUT2D eigenvalue weighted by atomic mass is 9.95. The van der Waals surface area contributed by atoms with Crippen molar-refractivity contribution in [3.8, 4) is 23.3 Å². The number of rotatable bonds is 9. The number of aliphatic hydroxyl groups excluding tert-OH is 1. The first kappa shape index (κ1) is 29.5. The molecule has 2 aliphatic heterocycles. The van der Waals surface area contributed by atoms with Crippen LogP contribution < -0.4 is 21.1 Å². The van der Waals surface area contributed by atoms with Crippen LogP contribution in [0.25, 0.3) is 0 Å². The van der Waals surface area contributed by atoms with Crippen LogP contribution in [0.15, 0.2) is 41.1 Å². The maximum Gasteiger partial charge on any atom is 0.161 e. The monoisotopic (exact) mass is 537 g/mol. The molecule has 1 aliphatic carbocycles. The highest BCUT2D eigenvalue weighted by atomic mass is 16.5. The summed E-state index contributed by atoms with van der Waals surface area (Å²) in [6.07, 6.45) is 11.9. The van der Waals surface area contributed by atoms with E-state index in [2.05, 4.69) is 29.4 Å². The Morgan fingerprint density at radius 2 is 2.00 bits per heavy atom. The zero-order chi connectivity index (χ0) is 27.6. The highest BCUT2D eigenvalue weighted by Crippen LogP contribution is 2.32. The molecule has 0 aromatic heterocycles. The fraction of sp³-hybridized carbons (Fsp3) is 0.625. The molecular weight excluding hydrogens is 490 g/mol. The van der Waals surface area contributed by atoms with Gasteiger partial charge in [0.1, 0.15) is 0 Å². The van der Waals surface area contributed by atoms with Crippen molar-refractivity contribution >= 4 is 0 Å². The molecule has 1 aromatic rings. The average molecular weight is 538 g/mol. The van der Waals surface area contributed by atoms with Gasteiger partial charge in [-0.25, -0.2) is 0 Å². The predicted octanol–water partition coefficient (Wildman–Crippen LogP) is 4.28. The van der Waals surface area contributed by atoms with Crippen LogP contribution in [-0.2, 0) is 11.2 Å². The molecule has 3 aliphatic rings. The molecule has 1 unspecified atom stereocenters. The van der Waals surface area contributed by atoms with Crippen LogP contribution in [0.1, 0.15) is 76.7 Å². The first-order valence-corrected chi connectivity index (χ1v) is 14.8. The predicted molar refractivity (Wildman–Crippen MR) is 155 cm³/mol. The second-order valence-corrected chi connectivity index (χ2v) is 11.4. The van der Waals surface area contributed by atoms with E-state index in [4.69, 9.17) is 15.2 Å². The van der Waals surface area contributed by atoms with Gasteiger partial charge in [0.25, 0.3) is 0 Å². The van der Waals surface area contributed by atoms with Gasteiger partial charge in [0, 0.05) is 29.8 Å². The van der Waals surface area contributed by atoms with Crippen molar-refractivity contribution in [2.75, 3.05) is 20.2 Å². The molecule has 0 bridgehead atoms. The van der Waals surface area contributed by atoms with Crippen molar-refractivity contribution < 1.29 is 19.7 Å². The number of aliphatic hydroxyl groups is 1. The first-order valence-electron chi connectivity index (χ1n) is 14.8. The zero-order valence-electron chi connectivity index (χ0n) is 23.7. The minimum absolute atomic E-state index is 0.0409. The summed E-state index contributed by atoms with van der Waals surface area (Å²) >= 11 is 0. The van der Waals surface area contributed by atoms with Gasteiger partial charge in [0.2, 0.25) is 0 Å². The van der Waals surface area contributed by atoms with Crippen LogP contribution in [0, 0.1) is 17.8 Å². The average Bonchev–Trinajstić information content (AvgIpc) is 2.96. The van der Waals surface area contributed by atoms with Gasteiger partial charge in [0.15, 0.2) is 11.5 Å². The molecular formula is C32H47N3O4. The van der Waals surface area contributed by atoms with Crippen LogP contribution in [0.2, 0.25) is 0 Å². The number of ether oxygens (including phenoxy) is 2. The molecule has 0 radical (unpaired) electrons. The van der Waals surface area contributed by atoms with Gasteiger partial charge in [-0.15, -0.1) is 0 Å². The number of phenolic OH excluding ortho intramolecular Hbond substituents is 1. The van der Waals surface area contributed by atoms with Crippen LogP contribution in [0.4, 0.5) is 0 Å². The van der Waals surface area contributed by atoms with Gasteiger partial charge < -0.3 is 36.1 Å². The highest BCUT2D eigenvalue weighted by Gasteiger charge is 2.23. The molecule has 0 saturated heterocycles. The Labute approximate surface area is 234 Å². The molecule has 4 rings (SSSR count). The van der Waals surface area contributed by atoms with Crippen molar-refractivity contribution in [1.29, 1.82) is 0 Å². The number of hydrogen-bond donors (Lipinski definition) is 5. The highest BCUT2D eigenvalue weighted by molar-refractivity contribution is 5.53. The number of likely N-dealkylation sites (N-methyl/N-ethyl adjacent to an activating group) is 1. The van der Waals surface area contributed by atoms with Gasteiger partial charge in [-0.2, -0.15) is 0 Å². The normalized spacial score (nSPS) is 25.3. The Morgan fingerprint density at radius 3 is 2.79 bits per heavy atom. The van der Waals surface area contributed by atoms with Crippen molar-refractivity contribution in [2.24, 2.45) is 11.7 Å². The molecule has 214 valence electrons. The number of fused-ring (bicyclic) bond motifs is 1. The first-order chi connectivity index (χ1) is 18.9. The SMILES string of the molecule is CNCC1=C2C#C[C@H](C)CCC[C@@H](C[C@H](O)CCc3ccc(O)c(OC4CCCCC4)c3)OCC2=CNC1N. The molecule has 1 aromatic carbocycles. The number of aromatic hydroxyl groups is 1. The van der Waals surface area contributed by atoms with Crippen LogP contribution >= 0.6 is 0 Å². The van der Waals surface area contributed by atoms with Crippen molar-refractivity contribution in [1.82, 2.24) is 10.6 Å². The quantitative estimate of drug-likeness (QED) is 0.299. The van der Waals surface area contributed by atoms with E-state index in [0.29, 0.717) is 38.2 Å². The summed E-state index contributed by atoms with van der Waals surface area (Å²) in [6, 6.07) is 5.57. The smallest absolute Gasteiger partial charge is 0.161 e. The van der Waals surface area contributed by atoms with E-state index in [1.54, 1.807) is 6.07 Å². The molecule has 7 nitrogen and oxygen atoms in total. The van der Waals surface area contributed by atoms with Crippen LogP contribution in [-0.4, -0.2) is 54.9 Å². The topological polar surface area (TPSA) is 109 Å². The Balaban J connectivity index is 1.35. The van der Waals surface area contributed by atoms with E-state index in [-0.39, 0.29) is 30.0 Å². The van der Waals surface area contributed by atoms with Crippen molar-refractivity contribution in [3.05, 3.63) is 46.7 Å². The van der Waals surface area contributed by atoms with Crippen molar-refractivity contribution in [2.45, 2.75) is 102 Å². The fourth-order valence-corrected chi connectivity index (χ4v) is 5.71. The summed E-state index contributed by atoms with van der Waals surface area (Å²) in [6.45, 7) is 3.27. The molecule has 0 spiro atoms. The Morgan fingerprint density at radius 1 is 1.18 bits per heavy atom. The van der Waals surface area contributed by atoms with Crippen LogP contribution in [0.3, 0.4) is 0 Å². The van der Waals surface area contributed by atoms with E-state index < -0.39 is 6.10 Å². The number of nitrogens with two attached hydrogens (primary N) is 1. The van der Waals surface area contributed by atoms with E-state index in [9.17, 15) is 10.2 Å². The molecule has 39 heavy (non-hydrogen) atoms. The van der Waals surface area contributed by atoms with E-state index >= 15 is 0 Å². The molecule has 2 heterocycles. The lowest BCUT2D eigenvalue weighted by Crippen LogP contribution is -2.42. The maximum atomic E-state index is 11.0. The number of aryl methyl sites for hydroxylation is 1. The molecule has 0 amide bonds. The maximum absolute atomic E-state index is 11.0. The number of benzene rings is 1. The number of dihydropyridines is 1. The van der Waals surface area contributed by atoms with Gasteiger partial charge in [-0.05, 0) is 94.5 Å². The fourth-order valence-electron chi connectivity index (χ4n) is 5.71. The van der Waals surface area contributed by atoms with Crippen molar-refractivity contribution in [3.63, 3.8) is 0 Å². The third kappa shape index (κ3) is 8.74. The van der Waals surface area contributed by atoms with Crippen LogP contribution in [0.5, 0.6) is 11.5 Å². The van der Waals surface area contributed by atoms with Gasteiger partial charge >= 0.3 is 0 Å². The molecule has 4 atom stereocenters. The number of phenols is 1. The Kier molecular flexibility index (Phi) is 11.2. The standard InChI is InChI=1S/C32H47N3O4/c1-22-7-6-10-27(38-21-24-19-35-32(33)29(20-34-2)28(24)15-11-22)18-25(36)14-12-23-13-16-30(37)31(17-23)39-26-8-4-3-5-9-26/h13,16-17,19,22,25-27,32,34-37H,3-10,12,14,18,20-21,33H2,1-2H3/t22-,25-,27+,32?/m1/s1. The third-order valence-electron chi connectivity index (χ3n) is 8.07. The summed E-state index contributed by atoms with van der Waals surface area (Å²) in [7, 11) is 1.91.